The first-order valence-corrected chi connectivity index (χ1v) is 5.06. The van der Waals surface area contributed by atoms with Crippen molar-refractivity contribution in [3.05, 3.63) is 16.0 Å². The number of hydrogen-bond donors (Lipinski definition) is 2. The molecule has 4 nitrogen and oxygen atoms in total. The largest absolute Gasteiger partial charge is 0.477 e. The number of carboxylic acids is 1. The number of thiophene rings is 1. The van der Waals surface area contributed by atoms with Crippen molar-refractivity contribution in [3.8, 4) is 0 Å². The summed E-state index contributed by atoms with van der Waals surface area (Å²) in [7, 11) is 0. The van der Waals surface area contributed by atoms with E-state index >= 15 is 0 Å². The number of carbonyl (C=O) groups is 2. The topological polar surface area (TPSA) is 66.4 Å². The fourth-order valence-electron chi connectivity index (χ4n) is 1.58. The van der Waals surface area contributed by atoms with Crippen molar-refractivity contribution < 1.29 is 14.7 Å². The first kappa shape index (κ1) is 9.21. The Labute approximate surface area is 84.6 Å². The normalized spacial score (nSPS) is 14.8. The summed E-state index contributed by atoms with van der Waals surface area (Å²) in [6.07, 6.45) is 1.10. The summed E-state index contributed by atoms with van der Waals surface area (Å²) < 4.78 is 0. The van der Waals surface area contributed by atoms with Crippen LogP contribution in [0.4, 0.5) is 5.00 Å². The third-order valence-electron chi connectivity index (χ3n) is 2.32. The lowest BCUT2D eigenvalue weighted by Gasteiger charge is -2.12. The molecule has 1 aliphatic rings. The first-order valence-electron chi connectivity index (χ1n) is 4.25. The van der Waals surface area contributed by atoms with Gasteiger partial charge in [-0.05, 0) is 24.5 Å². The van der Waals surface area contributed by atoms with Crippen LogP contribution in [-0.4, -0.2) is 17.0 Å². The second kappa shape index (κ2) is 3.09. The lowest BCUT2D eigenvalue weighted by atomic mass is 10.0. The highest BCUT2D eigenvalue weighted by Crippen LogP contribution is 2.36. The predicted octanol–water partition coefficient (Wildman–Crippen LogP) is 1.64. The average molecular weight is 211 g/mol. The fraction of sp³-hybridized carbons (Fsp3) is 0.333. The van der Waals surface area contributed by atoms with Gasteiger partial charge in [-0.3, -0.25) is 4.79 Å². The Morgan fingerprint density at radius 2 is 2.21 bits per heavy atom. The number of rotatable bonds is 1. The van der Waals surface area contributed by atoms with Crippen molar-refractivity contribution in [2.75, 3.05) is 5.32 Å². The standard InChI is InChI=1S/C9H9NO3S/c1-4-5-2-3-6(11)10-8(5)14-7(4)9(12)13/h2-3H2,1H3,(H,10,11)(H,12,13). The molecule has 0 spiro atoms. The number of carbonyl (C=O) groups excluding carboxylic acids is 1. The molecule has 0 atom stereocenters. The van der Waals surface area contributed by atoms with E-state index in [0.717, 1.165) is 22.5 Å². The first-order chi connectivity index (χ1) is 6.59. The molecule has 0 radical (unpaired) electrons. The van der Waals surface area contributed by atoms with Gasteiger partial charge in [0, 0.05) is 6.42 Å². The summed E-state index contributed by atoms with van der Waals surface area (Å²) in [5, 5.41) is 12.3. The molecule has 1 aromatic heterocycles. The number of nitrogens with one attached hydrogen (secondary N) is 1. The molecule has 1 amide bonds. The Morgan fingerprint density at radius 3 is 2.86 bits per heavy atom. The number of aromatic carboxylic acids is 1. The van der Waals surface area contributed by atoms with Gasteiger partial charge in [-0.25, -0.2) is 4.79 Å². The Kier molecular flexibility index (Phi) is 2.03. The lowest BCUT2D eigenvalue weighted by molar-refractivity contribution is -0.116. The van der Waals surface area contributed by atoms with Gasteiger partial charge in [-0.15, -0.1) is 11.3 Å². The van der Waals surface area contributed by atoms with E-state index in [1.807, 2.05) is 0 Å². The zero-order valence-electron chi connectivity index (χ0n) is 7.59. The molecule has 0 fully saturated rings. The molecule has 1 aliphatic heterocycles. The van der Waals surface area contributed by atoms with Crippen LogP contribution in [-0.2, 0) is 11.2 Å². The van der Waals surface area contributed by atoms with Crippen molar-refractivity contribution in [3.63, 3.8) is 0 Å². The van der Waals surface area contributed by atoms with Crippen molar-refractivity contribution in [2.24, 2.45) is 0 Å². The van der Waals surface area contributed by atoms with Crippen LogP contribution in [0.15, 0.2) is 0 Å². The van der Waals surface area contributed by atoms with Crippen LogP contribution in [0.5, 0.6) is 0 Å². The summed E-state index contributed by atoms with van der Waals surface area (Å²) in [5.74, 6) is -0.952. The van der Waals surface area contributed by atoms with Crippen LogP contribution in [0, 0.1) is 6.92 Å². The van der Waals surface area contributed by atoms with Gasteiger partial charge in [-0.2, -0.15) is 0 Å². The minimum absolute atomic E-state index is 0.0318. The third-order valence-corrected chi connectivity index (χ3v) is 3.56. The Balaban J connectivity index is 2.50. The van der Waals surface area contributed by atoms with E-state index in [1.165, 1.54) is 0 Å². The maximum Gasteiger partial charge on any atom is 0.346 e. The van der Waals surface area contributed by atoms with Crippen LogP contribution in [0.25, 0.3) is 0 Å². The second-order valence-corrected chi connectivity index (χ2v) is 4.24. The van der Waals surface area contributed by atoms with E-state index in [2.05, 4.69) is 5.32 Å². The quantitative estimate of drug-likeness (QED) is 0.742. The van der Waals surface area contributed by atoms with Gasteiger partial charge < -0.3 is 10.4 Å². The molecule has 2 N–H and O–H groups in total. The molecular formula is C9H9NO3S. The van der Waals surface area contributed by atoms with E-state index in [-0.39, 0.29) is 5.91 Å². The maximum atomic E-state index is 11.1. The van der Waals surface area contributed by atoms with Crippen LogP contribution >= 0.6 is 11.3 Å². The fourth-order valence-corrected chi connectivity index (χ4v) is 2.69. The molecule has 74 valence electrons. The summed E-state index contributed by atoms with van der Waals surface area (Å²) in [6, 6.07) is 0. The minimum Gasteiger partial charge on any atom is -0.477 e. The average Bonchev–Trinajstić information content (AvgIpc) is 2.43. The molecular weight excluding hydrogens is 202 g/mol. The van der Waals surface area contributed by atoms with Gasteiger partial charge in [0.1, 0.15) is 4.88 Å². The smallest absolute Gasteiger partial charge is 0.346 e. The highest BCUT2D eigenvalue weighted by molar-refractivity contribution is 7.18. The van der Waals surface area contributed by atoms with Gasteiger partial charge in [0.05, 0.1) is 5.00 Å². The molecule has 2 heterocycles. The van der Waals surface area contributed by atoms with Gasteiger partial charge >= 0.3 is 5.97 Å². The molecule has 0 aliphatic carbocycles. The number of hydrogen-bond acceptors (Lipinski definition) is 3. The Bertz CT molecular complexity index is 422. The number of anilines is 1. The number of amides is 1. The minimum atomic E-state index is -0.920. The third kappa shape index (κ3) is 1.29. The SMILES string of the molecule is Cc1c(C(=O)O)sc2c1CCC(=O)N2. The van der Waals surface area contributed by atoms with Crippen molar-refractivity contribution in [1.82, 2.24) is 0 Å². The van der Waals surface area contributed by atoms with Gasteiger partial charge in [0.25, 0.3) is 0 Å². The van der Waals surface area contributed by atoms with E-state index in [9.17, 15) is 9.59 Å². The maximum absolute atomic E-state index is 11.1. The number of carboxylic acid groups (broad SMARTS) is 1. The second-order valence-electron chi connectivity index (χ2n) is 3.22. The molecule has 1 aromatic rings. The molecule has 0 unspecified atom stereocenters. The molecule has 0 bridgehead atoms. The lowest BCUT2D eigenvalue weighted by Crippen LogP contribution is -2.17. The van der Waals surface area contributed by atoms with Crippen molar-refractivity contribution in [2.45, 2.75) is 19.8 Å². The van der Waals surface area contributed by atoms with Gasteiger partial charge in [0.2, 0.25) is 5.91 Å². The van der Waals surface area contributed by atoms with Gasteiger partial charge in [0.15, 0.2) is 0 Å². The van der Waals surface area contributed by atoms with Crippen molar-refractivity contribution in [1.29, 1.82) is 0 Å². The van der Waals surface area contributed by atoms with E-state index in [0.29, 0.717) is 22.7 Å². The molecule has 5 heteroatoms. The highest BCUT2D eigenvalue weighted by atomic mass is 32.1. The zero-order chi connectivity index (χ0) is 10.3. The van der Waals surface area contributed by atoms with Crippen LogP contribution in [0.2, 0.25) is 0 Å². The Morgan fingerprint density at radius 1 is 1.50 bits per heavy atom. The van der Waals surface area contributed by atoms with E-state index in [1.54, 1.807) is 6.92 Å². The molecule has 14 heavy (non-hydrogen) atoms. The summed E-state index contributed by atoms with van der Waals surface area (Å²) >= 11 is 1.14. The molecule has 0 saturated heterocycles. The van der Waals surface area contributed by atoms with Crippen LogP contribution in [0.1, 0.15) is 27.2 Å². The predicted molar refractivity (Wildman–Crippen MR) is 53.0 cm³/mol. The molecule has 0 saturated carbocycles. The summed E-state index contributed by atoms with van der Waals surface area (Å²) in [5.41, 5.74) is 1.77. The molecule has 0 aromatic carbocycles. The van der Waals surface area contributed by atoms with E-state index < -0.39 is 5.97 Å². The Hall–Kier alpha value is -1.36. The summed E-state index contributed by atoms with van der Waals surface area (Å²) in [6.45, 7) is 1.79. The highest BCUT2D eigenvalue weighted by Gasteiger charge is 2.24. The van der Waals surface area contributed by atoms with Crippen LogP contribution in [0.3, 0.4) is 0 Å². The van der Waals surface area contributed by atoms with Crippen LogP contribution < -0.4 is 5.32 Å². The molecule has 2 rings (SSSR count). The monoisotopic (exact) mass is 211 g/mol. The van der Waals surface area contributed by atoms with Crippen molar-refractivity contribution >= 4 is 28.2 Å². The number of fused-ring (bicyclic) bond motifs is 1. The van der Waals surface area contributed by atoms with E-state index in [4.69, 9.17) is 5.11 Å². The zero-order valence-corrected chi connectivity index (χ0v) is 8.40. The summed E-state index contributed by atoms with van der Waals surface area (Å²) in [4.78, 5) is 22.2. The van der Waals surface area contributed by atoms with Gasteiger partial charge in [-0.1, -0.05) is 0 Å².